The lowest BCUT2D eigenvalue weighted by Crippen LogP contribution is -2.46. The first-order chi connectivity index (χ1) is 11.1. The fraction of sp³-hybridized carbons (Fsp3) is 0.412. The van der Waals surface area contributed by atoms with Gasteiger partial charge in [0.25, 0.3) is 5.91 Å². The summed E-state index contributed by atoms with van der Waals surface area (Å²) in [5.41, 5.74) is 1.39. The van der Waals surface area contributed by atoms with Gasteiger partial charge in [-0.05, 0) is 37.8 Å². The van der Waals surface area contributed by atoms with E-state index >= 15 is 0 Å². The molecule has 3 rings (SSSR count). The number of benzene rings is 1. The zero-order chi connectivity index (χ0) is 16.4. The van der Waals surface area contributed by atoms with Crippen molar-refractivity contribution in [2.24, 2.45) is 5.92 Å². The van der Waals surface area contributed by atoms with Crippen LogP contribution in [-0.4, -0.2) is 40.3 Å². The highest BCUT2D eigenvalue weighted by atomic mass is 35.5. The summed E-state index contributed by atoms with van der Waals surface area (Å²) in [6.45, 7) is 2.66. The summed E-state index contributed by atoms with van der Waals surface area (Å²) >= 11 is 5.98. The van der Waals surface area contributed by atoms with Crippen molar-refractivity contribution in [1.82, 2.24) is 10.1 Å². The Morgan fingerprint density at radius 3 is 3.00 bits per heavy atom. The van der Waals surface area contributed by atoms with Gasteiger partial charge in [-0.2, -0.15) is 0 Å². The molecule has 1 N–H and O–H groups in total. The second kappa shape index (κ2) is 6.72. The molecule has 23 heavy (non-hydrogen) atoms. The molecule has 2 heterocycles. The van der Waals surface area contributed by atoms with E-state index in [0.717, 1.165) is 18.4 Å². The Labute approximate surface area is 139 Å². The molecule has 2 unspecified atom stereocenters. The molecule has 0 radical (unpaired) electrons. The van der Waals surface area contributed by atoms with Crippen molar-refractivity contribution in [3.63, 3.8) is 0 Å². The third-order valence-corrected chi connectivity index (χ3v) is 4.58. The number of halogens is 1. The van der Waals surface area contributed by atoms with Gasteiger partial charge in [0.05, 0.1) is 0 Å². The number of nitrogens with zero attached hydrogens (tertiary/aromatic N) is 2. The average molecular weight is 335 g/mol. The van der Waals surface area contributed by atoms with Gasteiger partial charge in [-0.15, -0.1) is 0 Å². The van der Waals surface area contributed by atoms with Crippen LogP contribution in [0.3, 0.4) is 0 Å². The van der Waals surface area contributed by atoms with Crippen LogP contribution in [0.4, 0.5) is 0 Å². The first kappa shape index (κ1) is 16.0. The number of aromatic nitrogens is 1. The number of aliphatic hydroxyl groups is 1. The lowest BCUT2D eigenvalue weighted by molar-refractivity contribution is 0.0451. The summed E-state index contributed by atoms with van der Waals surface area (Å²) in [5.74, 6) is 0.160. The second-order valence-corrected chi connectivity index (χ2v) is 6.46. The number of piperidine rings is 1. The Morgan fingerprint density at radius 2 is 2.26 bits per heavy atom. The highest BCUT2D eigenvalue weighted by Crippen LogP contribution is 2.26. The Bertz CT molecular complexity index is 701. The minimum absolute atomic E-state index is 0.0979. The van der Waals surface area contributed by atoms with Crippen LogP contribution < -0.4 is 0 Å². The Balaban J connectivity index is 1.80. The van der Waals surface area contributed by atoms with E-state index in [-0.39, 0.29) is 30.2 Å². The molecule has 0 aliphatic carbocycles. The fourth-order valence-electron chi connectivity index (χ4n) is 2.92. The molecule has 2 atom stereocenters. The lowest BCUT2D eigenvalue weighted by Gasteiger charge is -2.36. The van der Waals surface area contributed by atoms with Crippen LogP contribution in [0.2, 0.25) is 5.02 Å². The van der Waals surface area contributed by atoms with Crippen molar-refractivity contribution >= 4 is 17.5 Å². The highest BCUT2D eigenvalue weighted by Gasteiger charge is 2.31. The molecule has 1 aromatic carbocycles. The van der Waals surface area contributed by atoms with Gasteiger partial charge in [-0.1, -0.05) is 28.9 Å². The number of carbonyl (C=O) groups excluding carboxylic acids is 1. The standard InChI is InChI=1S/C17H19ClN2O3/c1-11-5-6-12(10-21)9-20(11)17(22)16-8-15(19-23-16)13-3-2-4-14(18)7-13/h2-4,7-8,11-12,21H,5-6,9-10H2,1H3. The largest absolute Gasteiger partial charge is 0.396 e. The number of rotatable bonds is 3. The molecule has 122 valence electrons. The zero-order valence-electron chi connectivity index (χ0n) is 12.9. The molecular formula is C17H19ClN2O3. The quantitative estimate of drug-likeness (QED) is 0.935. The van der Waals surface area contributed by atoms with E-state index < -0.39 is 0 Å². The van der Waals surface area contributed by atoms with Gasteiger partial charge >= 0.3 is 0 Å². The van der Waals surface area contributed by atoms with Crippen molar-refractivity contribution in [3.8, 4) is 11.3 Å². The molecule has 2 aromatic rings. The molecule has 1 amide bonds. The van der Waals surface area contributed by atoms with Crippen LogP contribution in [-0.2, 0) is 0 Å². The van der Waals surface area contributed by atoms with Crippen molar-refractivity contribution in [2.45, 2.75) is 25.8 Å². The first-order valence-electron chi connectivity index (χ1n) is 7.73. The summed E-state index contributed by atoms with van der Waals surface area (Å²) < 4.78 is 5.24. The maximum absolute atomic E-state index is 12.7. The molecule has 1 saturated heterocycles. The van der Waals surface area contributed by atoms with Gasteiger partial charge < -0.3 is 14.5 Å². The van der Waals surface area contributed by atoms with Crippen molar-refractivity contribution in [3.05, 3.63) is 41.1 Å². The molecule has 6 heteroatoms. The smallest absolute Gasteiger partial charge is 0.292 e. The van der Waals surface area contributed by atoms with Crippen LogP contribution in [0, 0.1) is 5.92 Å². The lowest BCUT2D eigenvalue weighted by atomic mass is 9.94. The predicted octanol–water partition coefficient (Wildman–Crippen LogP) is 3.23. The van der Waals surface area contributed by atoms with Crippen LogP contribution in [0.5, 0.6) is 0 Å². The van der Waals surface area contributed by atoms with E-state index in [1.165, 1.54) is 0 Å². The number of aliphatic hydroxyl groups excluding tert-OH is 1. The van der Waals surface area contributed by atoms with Gasteiger partial charge in [0.15, 0.2) is 0 Å². The van der Waals surface area contributed by atoms with E-state index in [9.17, 15) is 9.90 Å². The van der Waals surface area contributed by atoms with Gasteiger partial charge in [0.1, 0.15) is 5.69 Å². The maximum Gasteiger partial charge on any atom is 0.292 e. The second-order valence-electron chi connectivity index (χ2n) is 6.02. The number of hydrogen-bond donors (Lipinski definition) is 1. The first-order valence-corrected chi connectivity index (χ1v) is 8.10. The van der Waals surface area contributed by atoms with E-state index in [4.69, 9.17) is 16.1 Å². The van der Waals surface area contributed by atoms with Gasteiger partial charge in [-0.3, -0.25) is 4.79 Å². The summed E-state index contributed by atoms with van der Waals surface area (Å²) in [5, 5.41) is 13.9. The van der Waals surface area contributed by atoms with Crippen LogP contribution in [0.15, 0.2) is 34.9 Å². The van der Waals surface area contributed by atoms with E-state index in [0.29, 0.717) is 17.3 Å². The zero-order valence-corrected chi connectivity index (χ0v) is 13.7. The molecule has 1 aromatic heterocycles. The van der Waals surface area contributed by atoms with Crippen LogP contribution >= 0.6 is 11.6 Å². The summed E-state index contributed by atoms with van der Waals surface area (Å²) in [4.78, 5) is 14.4. The molecule has 1 aliphatic rings. The third-order valence-electron chi connectivity index (χ3n) is 4.34. The summed E-state index contributed by atoms with van der Waals surface area (Å²) in [6, 6.07) is 9.02. The average Bonchev–Trinajstić information content (AvgIpc) is 3.05. The van der Waals surface area contributed by atoms with Crippen molar-refractivity contribution in [2.75, 3.05) is 13.2 Å². The Kier molecular flexibility index (Phi) is 4.68. The molecule has 0 saturated carbocycles. The minimum atomic E-state index is -0.184. The molecule has 1 aliphatic heterocycles. The topological polar surface area (TPSA) is 66.6 Å². The SMILES string of the molecule is CC1CCC(CO)CN1C(=O)c1cc(-c2cccc(Cl)c2)no1. The monoisotopic (exact) mass is 334 g/mol. The normalized spacial score (nSPS) is 21.4. The molecule has 0 bridgehead atoms. The van der Waals surface area contributed by atoms with Crippen LogP contribution in [0.1, 0.15) is 30.3 Å². The molecule has 5 nitrogen and oxygen atoms in total. The van der Waals surface area contributed by atoms with Crippen molar-refractivity contribution in [1.29, 1.82) is 0 Å². The third kappa shape index (κ3) is 3.41. The number of likely N-dealkylation sites (tertiary alicyclic amines) is 1. The van der Waals surface area contributed by atoms with E-state index in [1.54, 1.807) is 23.1 Å². The molecular weight excluding hydrogens is 316 g/mol. The number of hydrogen-bond acceptors (Lipinski definition) is 4. The maximum atomic E-state index is 12.7. The van der Waals surface area contributed by atoms with Gasteiger partial charge in [0.2, 0.25) is 5.76 Å². The number of carbonyl (C=O) groups is 1. The fourth-order valence-corrected chi connectivity index (χ4v) is 3.11. The highest BCUT2D eigenvalue weighted by molar-refractivity contribution is 6.30. The summed E-state index contributed by atoms with van der Waals surface area (Å²) in [6.07, 6.45) is 1.82. The van der Waals surface area contributed by atoms with Gasteiger partial charge in [-0.25, -0.2) is 0 Å². The van der Waals surface area contributed by atoms with Crippen molar-refractivity contribution < 1.29 is 14.4 Å². The van der Waals surface area contributed by atoms with Gasteiger partial charge in [0, 0.05) is 35.8 Å². The Hall–Kier alpha value is -1.85. The minimum Gasteiger partial charge on any atom is -0.396 e. The van der Waals surface area contributed by atoms with Crippen LogP contribution in [0.25, 0.3) is 11.3 Å². The molecule has 0 spiro atoms. The number of amides is 1. The van der Waals surface area contributed by atoms with E-state index in [1.807, 2.05) is 19.1 Å². The molecule has 1 fully saturated rings. The predicted molar refractivity (Wildman–Crippen MR) is 87.3 cm³/mol. The Morgan fingerprint density at radius 1 is 1.43 bits per heavy atom. The summed E-state index contributed by atoms with van der Waals surface area (Å²) in [7, 11) is 0. The van der Waals surface area contributed by atoms with E-state index in [2.05, 4.69) is 5.16 Å².